The summed E-state index contributed by atoms with van der Waals surface area (Å²) in [5, 5.41) is 0. The third-order valence-corrected chi connectivity index (χ3v) is 5.42. The number of ether oxygens (including phenoxy) is 1. The number of sulfonamides is 1. The molecule has 1 amide bonds. The molecule has 2 atom stereocenters. The van der Waals surface area contributed by atoms with Crippen LogP contribution in [0.5, 0.6) is 0 Å². The number of amides is 1. The molecule has 0 saturated carbocycles. The second-order valence-corrected chi connectivity index (χ2v) is 7.23. The first-order valence-corrected chi connectivity index (χ1v) is 8.62. The summed E-state index contributed by atoms with van der Waals surface area (Å²) in [5.41, 5.74) is 0.387. The summed E-state index contributed by atoms with van der Waals surface area (Å²) in [6.07, 6.45) is 2.43. The number of carbonyl (C=O) groups is 1. The predicted molar refractivity (Wildman–Crippen MR) is 81.0 cm³/mol. The first-order chi connectivity index (χ1) is 10.5. The molecule has 1 aromatic rings. The number of rotatable bonds is 5. The first-order valence-electron chi connectivity index (χ1n) is 7.14. The lowest BCUT2D eigenvalue weighted by Gasteiger charge is -2.52. The fraction of sp³-hybridized carbons (Fsp3) is 0.400. The number of morpholine rings is 1. The molecular weight excluding hydrogens is 304 g/mol. The minimum atomic E-state index is -3.63. The maximum Gasteiger partial charge on any atom is 0.254 e. The standard InChI is InChI=1S/C15H18N2O4S/c1-2-6-16-22(19,20)14-5-3-4-11(7-14)15(18)17-12-8-13(17)10-21-9-12/h2-5,7,12-13,16H,1,6,8-10H2. The number of benzene rings is 1. The van der Waals surface area contributed by atoms with E-state index < -0.39 is 10.0 Å². The van der Waals surface area contributed by atoms with Crippen LogP contribution in [0.2, 0.25) is 0 Å². The van der Waals surface area contributed by atoms with Gasteiger partial charge in [0.1, 0.15) is 0 Å². The van der Waals surface area contributed by atoms with Gasteiger partial charge in [0, 0.05) is 12.1 Å². The van der Waals surface area contributed by atoms with Gasteiger partial charge in [-0.15, -0.1) is 6.58 Å². The van der Waals surface area contributed by atoms with E-state index in [0.717, 1.165) is 6.42 Å². The lowest BCUT2D eigenvalue weighted by Crippen LogP contribution is -2.65. The van der Waals surface area contributed by atoms with Gasteiger partial charge >= 0.3 is 0 Å². The van der Waals surface area contributed by atoms with Crippen molar-refractivity contribution in [3.8, 4) is 0 Å². The Labute approximate surface area is 129 Å². The van der Waals surface area contributed by atoms with E-state index in [-0.39, 0.29) is 29.4 Å². The SMILES string of the molecule is C=CCNS(=O)(=O)c1cccc(C(=O)N2C3COCC2C3)c1. The molecule has 2 bridgehead atoms. The Morgan fingerprint density at radius 1 is 1.41 bits per heavy atom. The van der Waals surface area contributed by atoms with Gasteiger partial charge in [0.15, 0.2) is 0 Å². The van der Waals surface area contributed by atoms with Gasteiger partial charge in [0.05, 0.1) is 30.2 Å². The van der Waals surface area contributed by atoms with Crippen LogP contribution < -0.4 is 4.72 Å². The van der Waals surface area contributed by atoms with Crippen LogP contribution >= 0.6 is 0 Å². The molecule has 0 spiro atoms. The van der Waals surface area contributed by atoms with E-state index in [1.165, 1.54) is 18.2 Å². The maximum atomic E-state index is 12.6. The Kier molecular flexibility index (Phi) is 4.03. The van der Waals surface area contributed by atoms with Crippen molar-refractivity contribution < 1.29 is 17.9 Å². The lowest BCUT2D eigenvalue weighted by atomic mass is 9.90. The highest BCUT2D eigenvalue weighted by Crippen LogP contribution is 2.32. The van der Waals surface area contributed by atoms with Crippen molar-refractivity contribution in [3.63, 3.8) is 0 Å². The predicted octanol–water partition coefficient (Wildman–Crippen LogP) is 0.764. The van der Waals surface area contributed by atoms with Crippen LogP contribution in [0.15, 0.2) is 41.8 Å². The molecule has 1 aromatic carbocycles. The number of carbonyl (C=O) groups excluding carboxylic acids is 1. The molecule has 6 nitrogen and oxygen atoms in total. The first kappa shape index (κ1) is 15.2. The molecular formula is C15H18N2O4S. The largest absolute Gasteiger partial charge is 0.377 e. The van der Waals surface area contributed by atoms with Crippen molar-refractivity contribution in [1.29, 1.82) is 0 Å². The molecule has 3 rings (SSSR count). The van der Waals surface area contributed by atoms with Crippen LogP contribution in [-0.4, -0.2) is 51.1 Å². The Morgan fingerprint density at radius 3 is 2.77 bits per heavy atom. The van der Waals surface area contributed by atoms with Crippen molar-refractivity contribution in [1.82, 2.24) is 9.62 Å². The van der Waals surface area contributed by atoms with E-state index in [4.69, 9.17) is 4.74 Å². The number of nitrogens with zero attached hydrogens (tertiary/aromatic N) is 1. The fourth-order valence-corrected chi connectivity index (χ4v) is 3.91. The Balaban J connectivity index is 1.82. The Bertz CT molecular complexity index is 687. The van der Waals surface area contributed by atoms with E-state index in [9.17, 15) is 13.2 Å². The van der Waals surface area contributed by atoms with Crippen molar-refractivity contribution in [3.05, 3.63) is 42.5 Å². The Hall–Kier alpha value is -1.70. The van der Waals surface area contributed by atoms with Crippen LogP contribution in [0.3, 0.4) is 0 Å². The molecule has 2 aliphatic heterocycles. The highest BCUT2D eigenvalue weighted by atomic mass is 32.2. The molecule has 0 radical (unpaired) electrons. The molecule has 2 aliphatic rings. The maximum absolute atomic E-state index is 12.6. The van der Waals surface area contributed by atoms with E-state index in [0.29, 0.717) is 18.8 Å². The van der Waals surface area contributed by atoms with E-state index in [1.807, 2.05) is 0 Å². The van der Waals surface area contributed by atoms with Crippen LogP contribution in [0, 0.1) is 0 Å². The summed E-state index contributed by atoms with van der Waals surface area (Å²) in [6.45, 7) is 4.74. The molecule has 2 heterocycles. The normalized spacial score (nSPS) is 23.7. The molecule has 0 aliphatic carbocycles. The van der Waals surface area contributed by atoms with Crippen LogP contribution in [0.25, 0.3) is 0 Å². The highest BCUT2D eigenvalue weighted by Gasteiger charge is 2.45. The van der Waals surface area contributed by atoms with Gasteiger partial charge in [0.25, 0.3) is 5.91 Å². The molecule has 1 N–H and O–H groups in total. The highest BCUT2D eigenvalue weighted by molar-refractivity contribution is 7.89. The molecule has 7 heteroatoms. The summed E-state index contributed by atoms with van der Waals surface area (Å²) >= 11 is 0. The summed E-state index contributed by atoms with van der Waals surface area (Å²) in [5.74, 6) is -0.134. The van der Waals surface area contributed by atoms with Crippen LogP contribution in [0.4, 0.5) is 0 Å². The quantitative estimate of drug-likeness (QED) is 0.812. The average molecular weight is 322 g/mol. The van der Waals surface area contributed by atoms with Gasteiger partial charge in [-0.2, -0.15) is 0 Å². The number of hydrogen-bond acceptors (Lipinski definition) is 4. The second-order valence-electron chi connectivity index (χ2n) is 5.46. The second kappa shape index (κ2) is 5.83. The summed E-state index contributed by atoms with van der Waals surface area (Å²) < 4.78 is 32.0. The third kappa shape index (κ3) is 2.67. The van der Waals surface area contributed by atoms with Crippen molar-refractivity contribution in [2.24, 2.45) is 0 Å². The van der Waals surface area contributed by atoms with Crippen molar-refractivity contribution >= 4 is 15.9 Å². The number of nitrogens with one attached hydrogen (secondary N) is 1. The van der Waals surface area contributed by atoms with Gasteiger partial charge in [0.2, 0.25) is 10.0 Å². The molecule has 2 fully saturated rings. The van der Waals surface area contributed by atoms with Gasteiger partial charge in [-0.3, -0.25) is 4.79 Å². The molecule has 22 heavy (non-hydrogen) atoms. The molecule has 0 aromatic heterocycles. The average Bonchev–Trinajstić information content (AvgIpc) is 2.53. The van der Waals surface area contributed by atoms with E-state index >= 15 is 0 Å². The zero-order valence-electron chi connectivity index (χ0n) is 12.1. The third-order valence-electron chi connectivity index (χ3n) is 3.99. The van der Waals surface area contributed by atoms with Gasteiger partial charge in [-0.1, -0.05) is 12.1 Å². The zero-order valence-corrected chi connectivity index (χ0v) is 12.9. The zero-order chi connectivity index (χ0) is 15.7. The smallest absolute Gasteiger partial charge is 0.254 e. The van der Waals surface area contributed by atoms with Crippen LogP contribution in [0.1, 0.15) is 16.8 Å². The number of fused-ring (bicyclic) bond motifs is 2. The van der Waals surface area contributed by atoms with Gasteiger partial charge in [-0.25, -0.2) is 13.1 Å². The van der Waals surface area contributed by atoms with Gasteiger partial charge < -0.3 is 9.64 Å². The van der Waals surface area contributed by atoms with E-state index in [1.54, 1.807) is 17.0 Å². The van der Waals surface area contributed by atoms with Gasteiger partial charge in [-0.05, 0) is 24.6 Å². The minimum absolute atomic E-state index is 0.0853. The Morgan fingerprint density at radius 2 is 2.14 bits per heavy atom. The lowest BCUT2D eigenvalue weighted by molar-refractivity contribution is -0.104. The van der Waals surface area contributed by atoms with Crippen LogP contribution in [-0.2, 0) is 14.8 Å². The topological polar surface area (TPSA) is 75.7 Å². The van der Waals surface area contributed by atoms with Crippen molar-refractivity contribution in [2.45, 2.75) is 23.4 Å². The number of hydrogen-bond donors (Lipinski definition) is 1. The molecule has 2 unspecified atom stereocenters. The van der Waals surface area contributed by atoms with E-state index in [2.05, 4.69) is 11.3 Å². The summed E-state index contributed by atoms with van der Waals surface area (Å²) in [4.78, 5) is 14.5. The molecule has 2 saturated heterocycles. The fourth-order valence-electron chi connectivity index (χ4n) is 2.87. The molecule has 118 valence electrons. The summed E-state index contributed by atoms with van der Waals surface area (Å²) in [6, 6.07) is 6.35. The monoisotopic (exact) mass is 322 g/mol. The summed E-state index contributed by atoms with van der Waals surface area (Å²) in [7, 11) is -3.63. The minimum Gasteiger partial charge on any atom is -0.377 e. The van der Waals surface area contributed by atoms with Crippen molar-refractivity contribution in [2.75, 3.05) is 19.8 Å².